The molecule has 0 radical (unpaired) electrons. The molecule has 3 heteroatoms. The van der Waals surface area contributed by atoms with Gasteiger partial charge in [-0.3, -0.25) is 0 Å². The van der Waals surface area contributed by atoms with Crippen molar-refractivity contribution in [3.63, 3.8) is 0 Å². The van der Waals surface area contributed by atoms with Crippen LogP contribution in [-0.2, 0) is 6.54 Å². The molecule has 0 saturated heterocycles. The van der Waals surface area contributed by atoms with E-state index in [9.17, 15) is 0 Å². The van der Waals surface area contributed by atoms with Crippen LogP contribution in [0.1, 0.15) is 44.6 Å². The molecule has 19 heavy (non-hydrogen) atoms. The number of ether oxygens (including phenoxy) is 1. The molecular weight excluding hydrogens is 258 g/mol. The molecule has 0 amide bonds. The van der Waals surface area contributed by atoms with Gasteiger partial charge in [0.2, 0.25) is 0 Å². The zero-order valence-electron chi connectivity index (χ0n) is 11.9. The Kier molecular flexibility index (Phi) is 5.53. The summed E-state index contributed by atoms with van der Waals surface area (Å²) in [5, 5.41) is 4.43. The Bertz CT molecular complexity index is 408. The number of benzene rings is 1. The van der Waals surface area contributed by atoms with Gasteiger partial charge in [-0.05, 0) is 43.4 Å². The van der Waals surface area contributed by atoms with E-state index in [1.807, 2.05) is 18.2 Å². The maximum absolute atomic E-state index is 6.06. The molecule has 1 aliphatic rings. The van der Waals surface area contributed by atoms with E-state index in [-0.39, 0.29) is 0 Å². The second-order valence-corrected chi connectivity index (χ2v) is 6.08. The molecule has 1 N–H and O–H groups in total. The fourth-order valence-corrected chi connectivity index (χ4v) is 3.03. The van der Waals surface area contributed by atoms with Gasteiger partial charge in [0.1, 0.15) is 5.75 Å². The van der Waals surface area contributed by atoms with Gasteiger partial charge in [0, 0.05) is 23.2 Å². The standard InChI is InChI=1S/C16H24ClNO/c1-12-4-3-5-15(8-6-12)18-11-13-10-14(17)7-9-16(13)19-2/h7,9-10,12,15,18H,3-6,8,11H2,1-2H3. The van der Waals surface area contributed by atoms with Crippen LogP contribution in [0, 0.1) is 5.92 Å². The van der Waals surface area contributed by atoms with Gasteiger partial charge in [-0.1, -0.05) is 31.4 Å². The average Bonchev–Trinajstić information content (AvgIpc) is 2.61. The van der Waals surface area contributed by atoms with Crippen LogP contribution in [0.3, 0.4) is 0 Å². The number of halogens is 1. The smallest absolute Gasteiger partial charge is 0.123 e. The lowest BCUT2D eigenvalue weighted by atomic mass is 10.0. The van der Waals surface area contributed by atoms with Crippen molar-refractivity contribution in [3.05, 3.63) is 28.8 Å². The lowest BCUT2D eigenvalue weighted by molar-refractivity contribution is 0.400. The van der Waals surface area contributed by atoms with Gasteiger partial charge in [-0.2, -0.15) is 0 Å². The molecular formula is C16H24ClNO. The molecule has 106 valence electrons. The molecule has 1 aromatic rings. The highest BCUT2D eigenvalue weighted by molar-refractivity contribution is 6.30. The van der Waals surface area contributed by atoms with Crippen LogP contribution in [0.15, 0.2) is 18.2 Å². The van der Waals surface area contributed by atoms with Gasteiger partial charge < -0.3 is 10.1 Å². The van der Waals surface area contributed by atoms with Crippen molar-refractivity contribution in [1.29, 1.82) is 0 Å². The minimum Gasteiger partial charge on any atom is -0.496 e. The van der Waals surface area contributed by atoms with Gasteiger partial charge in [0.05, 0.1) is 7.11 Å². The second kappa shape index (κ2) is 7.16. The Morgan fingerprint density at radius 2 is 2.11 bits per heavy atom. The Balaban J connectivity index is 1.92. The van der Waals surface area contributed by atoms with Gasteiger partial charge in [-0.25, -0.2) is 0 Å². The van der Waals surface area contributed by atoms with Crippen LogP contribution >= 0.6 is 11.6 Å². The SMILES string of the molecule is COc1ccc(Cl)cc1CNC1CCCC(C)CC1. The minimum absolute atomic E-state index is 0.633. The van der Waals surface area contributed by atoms with E-state index in [4.69, 9.17) is 16.3 Å². The Hall–Kier alpha value is -0.730. The molecule has 2 unspecified atom stereocenters. The van der Waals surface area contributed by atoms with Gasteiger partial charge in [0.25, 0.3) is 0 Å². The Morgan fingerprint density at radius 3 is 2.89 bits per heavy atom. The summed E-state index contributed by atoms with van der Waals surface area (Å²) in [6.45, 7) is 3.20. The van der Waals surface area contributed by atoms with Crippen LogP contribution in [0.2, 0.25) is 5.02 Å². The maximum atomic E-state index is 6.06. The first kappa shape index (κ1) is 14.7. The van der Waals surface area contributed by atoms with Crippen molar-refractivity contribution in [1.82, 2.24) is 5.32 Å². The molecule has 0 heterocycles. The third-order valence-electron chi connectivity index (χ3n) is 4.08. The molecule has 0 spiro atoms. The third-order valence-corrected chi connectivity index (χ3v) is 4.32. The summed E-state index contributed by atoms with van der Waals surface area (Å²) < 4.78 is 5.38. The van der Waals surface area contributed by atoms with E-state index in [0.717, 1.165) is 28.8 Å². The van der Waals surface area contributed by atoms with Gasteiger partial charge in [0.15, 0.2) is 0 Å². The number of hydrogen-bond acceptors (Lipinski definition) is 2. The van der Waals surface area contributed by atoms with E-state index in [1.165, 1.54) is 32.1 Å². The maximum Gasteiger partial charge on any atom is 0.123 e. The summed E-state index contributed by atoms with van der Waals surface area (Å²) in [7, 11) is 1.71. The molecule has 2 rings (SSSR count). The topological polar surface area (TPSA) is 21.3 Å². The summed E-state index contributed by atoms with van der Waals surface area (Å²) >= 11 is 6.06. The van der Waals surface area contributed by atoms with Crippen molar-refractivity contribution in [2.24, 2.45) is 5.92 Å². The monoisotopic (exact) mass is 281 g/mol. The first-order chi connectivity index (χ1) is 9.19. The third kappa shape index (κ3) is 4.39. The van der Waals surface area contributed by atoms with Crippen LogP contribution in [0.4, 0.5) is 0 Å². The number of hydrogen-bond donors (Lipinski definition) is 1. The predicted octanol–water partition coefficient (Wildman–Crippen LogP) is 4.41. The first-order valence-electron chi connectivity index (χ1n) is 7.25. The highest BCUT2D eigenvalue weighted by Gasteiger charge is 2.16. The first-order valence-corrected chi connectivity index (χ1v) is 7.62. The highest BCUT2D eigenvalue weighted by Crippen LogP contribution is 2.25. The van der Waals surface area contributed by atoms with E-state index in [1.54, 1.807) is 7.11 Å². The Labute approximate surface area is 121 Å². The lowest BCUT2D eigenvalue weighted by Gasteiger charge is -2.17. The zero-order valence-corrected chi connectivity index (χ0v) is 12.7. The zero-order chi connectivity index (χ0) is 13.7. The van der Waals surface area contributed by atoms with E-state index >= 15 is 0 Å². The number of nitrogens with one attached hydrogen (secondary N) is 1. The highest BCUT2D eigenvalue weighted by atomic mass is 35.5. The fourth-order valence-electron chi connectivity index (χ4n) is 2.83. The molecule has 2 atom stereocenters. The lowest BCUT2D eigenvalue weighted by Crippen LogP contribution is -2.28. The van der Waals surface area contributed by atoms with E-state index in [0.29, 0.717) is 6.04 Å². The van der Waals surface area contributed by atoms with Crippen LogP contribution < -0.4 is 10.1 Å². The number of rotatable bonds is 4. The molecule has 1 fully saturated rings. The molecule has 1 aromatic carbocycles. The van der Waals surface area contributed by atoms with E-state index in [2.05, 4.69) is 12.2 Å². The van der Waals surface area contributed by atoms with Crippen molar-refractivity contribution in [2.45, 2.75) is 51.6 Å². The normalized spacial score (nSPS) is 23.9. The summed E-state index contributed by atoms with van der Waals surface area (Å²) in [5.74, 6) is 1.80. The summed E-state index contributed by atoms with van der Waals surface area (Å²) in [5.41, 5.74) is 1.15. The van der Waals surface area contributed by atoms with Crippen molar-refractivity contribution in [3.8, 4) is 5.75 Å². The van der Waals surface area contributed by atoms with Crippen LogP contribution in [0.25, 0.3) is 0 Å². The van der Waals surface area contributed by atoms with Crippen LogP contribution in [0.5, 0.6) is 5.75 Å². The molecule has 0 aromatic heterocycles. The van der Waals surface area contributed by atoms with Crippen LogP contribution in [-0.4, -0.2) is 13.2 Å². The molecule has 2 nitrogen and oxygen atoms in total. The average molecular weight is 282 g/mol. The minimum atomic E-state index is 0.633. The molecule has 0 aliphatic heterocycles. The predicted molar refractivity (Wildman–Crippen MR) is 80.9 cm³/mol. The van der Waals surface area contributed by atoms with Gasteiger partial charge in [-0.15, -0.1) is 0 Å². The number of methoxy groups -OCH3 is 1. The van der Waals surface area contributed by atoms with Crippen molar-refractivity contribution >= 4 is 11.6 Å². The summed E-state index contributed by atoms with van der Waals surface area (Å²) in [4.78, 5) is 0. The van der Waals surface area contributed by atoms with Gasteiger partial charge >= 0.3 is 0 Å². The quantitative estimate of drug-likeness (QED) is 0.826. The molecule has 0 bridgehead atoms. The summed E-state index contributed by atoms with van der Waals surface area (Å²) in [6.07, 6.45) is 6.62. The Morgan fingerprint density at radius 1 is 1.26 bits per heavy atom. The van der Waals surface area contributed by atoms with Crippen molar-refractivity contribution in [2.75, 3.05) is 7.11 Å². The second-order valence-electron chi connectivity index (χ2n) is 5.65. The summed E-state index contributed by atoms with van der Waals surface area (Å²) in [6, 6.07) is 6.44. The fraction of sp³-hybridized carbons (Fsp3) is 0.625. The largest absolute Gasteiger partial charge is 0.496 e. The van der Waals surface area contributed by atoms with Crippen molar-refractivity contribution < 1.29 is 4.74 Å². The molecule has 1 aliphatic carbocycles. The van der Waals surface area contributed by atoms with E-state index < -0.39 is 0 Å². The molecule has 1 saturated carbocycles.